The van der Waals surface area contributed by atoms with E-state index in [1.54, 1.807) is 6.20 Å². The van der Waals surface area contributed by atoms with Gasteiger partial charge in [0.2, 0.25) is 0 Å². The van der Waals surface area contributed by atoms with Crippen molar-refractivity contribution in [1.82, 2.24) is 25.3 Å². The SMILES string of the molecule is CNC(C)c1cnc(-c2ccnc(C)n2)nc1C. The molecule has 0 aromatic carbocycles. The molecule has 0 spiro atoms. The summed E-state index contributed by atoms with van der Waals surface area (Å²) in [5.74, 6) is 1.37. The van der Waals surface area contributed by atoms with Crippen LogP contribution in [0.15, 0.2) is 18.5 Å². The Balaban J connectivity index is 2.40. The maximum absolute atomic E-state index is 4.51. The molecular formula is C13H17N5. The molecule has 0 aliphatic rings. The summed E-state index contributed by atoms with van der Waals surface area (Å²) in [4.78, 5) is 17.3. The van der Waals surface area contributed by atoms with E-state index in [0.717, 1.165) is 22.8 Å². The number of aryl methyl sites for hydroxylation is 2. The van der Waals surface area contributed by atoms with Crippen molar-refractivity contribution in [3.8, 4) is 11.5 Å². The topological polar surface area (TPSA) is 63.6 Å². The van der Waals surface area contributed by atoms with Gasteiger partial charge in [0.05, 0.1) is 0 Å². The van der Waals surface area contributed by atoms with Crippen LogP contribution in [0.25, 0.3) is 11.5 Å². The molecule has 2 aromatic heterocycles. The minimum atomic E-state index is 0.242. The molecule has 0 aliphatic heterocycles. The first-order chi connectivity index (χ1) is 8.61. The lowest BCUT2D eigenvalue weighted by Gasteiger charge is -2.13. The van der Waals surface area contributed by atoms with Crippen LogP contribution in [0.4, 0.5) is 0 Å². The third-order valence-corrected chi connectivity index (χ3v) is 2.92. The van der Waals surface area contributed by atoms with Gasteiger partial charge in [-0.3, -0.25) is 0 Å². The van der Waals surface area contributed by atoms with Gasteiger partial charge < -0.3 is 5.32 Å². The molecule has 0 aliphatic carbocycles. The van der Waals surface area contributed by atoms with Crippen molar-refractivity contribution in [3.63, 3.8) is 0 Å². The molecule has 1 atom stereocenters. The van der Waals surface area contributed by atoms with Crippen molar-refractivity contribution in [3.05, 3.63) is 35.5 Å². The predicted octanol–water partition coefficient (Wildman–Crippen LogP) is 1.83. The fourth-order valence-electron chi connectivity index (χ4n) is 1.76. The molecular weight excluding hydrogens is 226 g/mol. The molecule has 1 N–H and O–H groups in total. The highest BCUT2D eigenvalue weighted by Crippen LogP contribution is 2.18. The van der Waals surface area contributed by atoms with Gasteiger partial charge in [-0.25, -0.2) is 19.9 Å². The molecule has 0 fully saturated rings. The monoisotopic (exact) mass is 243 g/mol. The number of hydrogen-bond donors (Lipinski definition) is 1. The zero-order valence-electron chi connectivity index (χ0n) is 11.1. The van der Waals surface area contributed by atoms with E-state index in [1.165, 1.54) is 0 Å². The fourth-order valence-corrected chi connectivity index (χ4v) is 1.76. The lowest BCUT2D eigenvalue weighted by atomic mass is 10.1. The van der Waals surface area contributed by atoms with Crippen LogP contribution in [0.5, 0.6) is 0 Å². The van der Waals surface area contributed by atoms with Crippen molar-refractivity contribution < 1.29 is 0 Å². The van der Waals surface area contributed by atoms with Crippen LogP contribution in [-0.2, 0) is 0 Å². The minimum Gasteiger partial charge on any atom is -0.313 e. The average Bonchev–Trinajstić information content (AvgIpc) is 2.37. The van der Waals surface area contributed by atoms with E-state index in [4.69, 9.17) is 0 Å². The molecule has 18 heavy (non-hydrogen) atoms. The van der Waals surface area contributed by atoms with E-state index in [2.05, 4.69) is 32.2 Å². The summed E-state index contributed by atoms with van der Waals surface area (Å²) in [6, 6.07) is 2.06. The van der Waals surface area contributed by atoms with Crippen LogP contribution >= 0.6 is 0 Å². The van der Waals surface area contributed by atoms with Gasteiger partial charge in [-0.2, -0.15) is 0 Å². The lowest BCUT2D eigenvalue weighted by Crippen LogP contribution is -2.15. The van der Waals surface area contributed by atoms with Gasteiger partial charge in [0.15, 0.2) is 5.82 Å². The van der Waals surface area contributed by atoms with Gasteiger partial charge in [0, 0.05) is 29.7 Å². The molecule has 1 unspecified atom stereocenters. The van der Waals surface area contributed by atoms with Crippen molar-refractivity contribution in [2.24, 2.45) is 0 Å². The first-order valence-corrected chi connectivity index (χ1v) is 5.92. The Kier molecular flexibility index (Phi) is 3.62. The highest BCUT2D eigenvalue weighted by atomic mass is 15.0. The van der Waals surface area contributed by atoms with Crippen LogP contribution in [0, 0.1) is 13.8 Å². The van der Waals surface area contributed by atoms with Gasteiger partial charge >= 0.3 is 0 Å². The average molecular weight is 243 g/mol. The number of hydrogen-bond acceptors (Lipinski definition) is 5. The molecule has 2 aromatic rings. The molecule has 0 bridgehead atoms. The molecule has 0 saturated carbocycles. The lowest BCUT2D eigenvalue weighted by molar-refractivity contribution is 0.641. The number of aromatic nitrogens is 4. The Morgan fingerprint density at radius 2 is 1.94 bits per heavy atom. The summed E-state index contributed by atoms with van der Waals surface area (Å²) in [5, 5.41) is 3.18. The predicted molar refractivity (Wildman–Crippen MR) is 70.0 cm³/mol. The van der Waals surface area contributed by atoms with E-state index in [9.17, 15) is 0 Å². The summed E-state index contributed by atoms with van der Waals surface area (Å²) in [6.45, 7) is 5.93. The quantitative estimate of drug-likeness (QED) is 0.891. The maximum atomic E-state index is 4.51. The van der Waals surface area contributed by atoms with Crippen LogP contribution < -0.4 is 5.32 Å². The Hall–Kier alpha value is -1.88. The van der Waals surface area contributed by atoms with Gasteiger partial charge in [0.25, 0.3) is 0 Å². The zero-order valence-corrected chi connectivity index (χ0v) is 11.1. The third kappa shape index (κ3) is 2.51. The number of nitrogens with zero attached hydrogens (tertiary/aromatic N) is 4. The van der Waals surface area contributed by atoms with Crippen LogP contribution in [-0.4, -0.2) is 27.0 Å². The second-order valence-electron chi connectivity index (χ2n) is 4.23. The maximum Gasteiger partial charge on any atom is 0.178 e. The van der Waals surface area contributed by atoms with Crippen molar-refractivity contribution in [1.29, 1.82) is 0 Å². The van der Waals surface area contributed by atoms with E-state index < -0.39 is 0 Å². The normalized spacial score (nSPS) is 12.4. The number of rotatable bonds is 3. The Morgan fingerprint density at radius 1 is 1.17 bits per heavy atom. The first kappa shape index (κ1) is 12.6. The molecule has 0 radical (unpaired) electrons. The van der Waals surface area contributed by atoms with Crippen LogP contribution in [0.3, 0.4) is 0 Å². The first-order valence-electron chi connectivity index (χ1n) is 5.92. The minimum absolute atomic E-state index is 0.242. The Labute approximate surface area is 107 Å². The highest BCUT2D eigenvalue weighted by molar-refractivity contribution is 5.48. The highest BCUT2D eigenvalue weighted by Gasteiger charge is 2.10. The summed E-state index contributed by atoms with van der Waals surface area (Å²) >= 11 is 0. The van der Waals surface area contributed by atoms with Gasteiger partial charge in [0.1, 0.15) is 11.5 Å². The Morgan fingerprint density at radius 3 is 2.56 bits per heavy atom. The largest absolute Gasteiger partial charge is 0.313 e. The second-order valence-corrected chi connectivity index (χ2v) is 4.23. The zero-order chi connectivity index (χ0) is 13.1. The summed E-state index contributed by atoms with van der Waals surface area (Å²) < 4.78 is 0. The van der Waals surface area contributed by atoms with Gasteiger partial charge in [-0.15, -0.1) is 0 Å². The smallest absolute Gasteiger partial charge is 0.178 e. The molecule has 0 amide bonds. The van der Waals surface area contributed by atoms with Crippen molar-refractivity contribution >= 4 is 0 Å². The summed E-state index contributed by atoms with van der Waals surface area (Å²) in [7, 11) is 1.92. The summed E-state index contributed by atoms with van der Waals surface area (Å²) in [5.41, 5.74) is 2.83. The van der Waals surface area contributed by atoms with E-state index in [-0.39, 0.29) is 6.04 Å². The molecule has 2 rings (SSSR count). The third-order valence-electron chi connectivity index (χ3n) is 2.92. The molecule has 5 nitrogen and oxygen atoms in total. The number of nitrogens with one attached hydrogen (secondary N) is 1. The van der Waals surface area contributed by atoms with Gasteiger partial charge in [-0.1, -0.05) is 0 Å². The summed E-state index contributed by atoms with van der Waals surface area (Å²) in [6.07, 6.45) is 3.58. The fraction of sp³-hybridized carbons (Fsp3) is 0.385. The molecule has 2 heterocycles. The van der Waals surface area contributed by atoms with E-state index >= 15 is 0 Å². The van der Waals surface area contributed by atoms with Crippen LogP contribution in [0.1, 0.15) is 30.0 Å². The molecule has 5 heteroatoms. The second kappa shape index (κ2) is 5.18. The van der Waals surface area contributed by atoms with E-state index in [1.807, 2.05) is 33.2 Å². The van der Waals surface area contributed by atoms with E-state index in [0.29, 0.717) is 5.82 Å². The van der Waals surface area contributed by atoms with Crippen molar-refractivity contribution in [2.45, 2.75) is 26.8 Å². The van der Waals surface area contributed by atoms with Gasteiger partial charge in [-0.05, 0) is 33.9 Å². The molecule has 0 saturated heterocycles. The Bertz CT molecular complexity index is 553. The van der Waals surface area contributed by atoms with Crippen LogP contribution in [0.2, 0.25) is 0 Å². The molecule has 94 valence electrons. The standard InChI is InChI=1S/C13H17N5/c1-8(14-4)11-7-16-13(17-9(11)2)12-5-6-15-10(3)18-12/h5-8,14H,1-4H3. The van der Waals surface area contributed by atoms with Crippen molar-refractivity contribution in [2.75, 3.05) is 7.05 Å².